The maximum absolute atomic E-state index is 10.6. The van der Waals surface area contributed by atoms with Gasteiger partial charge in [-0.1, -0.05) is 6.92 Å². The van der Waals surface area contributed by atoms with Crippen LogP contribution < -0.4 is 5.32 Å². The minimum absolute atomic E-state index is 0.126. The lowest BCUT2D eigenvalue weighted by Gasteiger charge is -2.22. The molecule has 1 atom stereocenters. The van der Waals surface area contributed by atoms with Gasteiger partial charge < -0.3 is 10.2 Å². The Morgan fingerprint density at radius 1 is 1.32 bits per heavy atom. The van der Waals surface area contributed by atoms with Crippen molar-refractivity contribution in [2.75, 3.05) is 25.5 Å². The zero-order valence-corrected chi connectivity index (χ0v) is 15.2. The van der Waals surface area contributed by atoms with Crippen LogP contribution >= 0.6 is 0 Å². The standard InChI is InChI=1S/C18H26N4O3/c1-14(13-19-17-7-9-18(20-23)10-8-17)11-12-21(4)15(2)5-6-16(3)22(24)25/h5-10,14,19H,11-13H2,1-4H3/b15-5+,16-6+. The first-order valence-corrected chi connectivity index (χ1v) is 8.21. The Bertz CT molecular complexity index is 638. The number of nitrogens with one attached hydrogen (secondary N) is 1. The highest BCUT2D eigenvalue weighted by atomic mass is 16.6. The van der Waals surface area contributed by atoms with Gasteiger partial charge in [-0.15, -0.1) is 4.91 Å². The predicted octanol–water partition coefficient (Wildman–Crippen LogP) is 4.54. The van der Waals surface area contributed by atoms with Gasteiger partial charge in [0.05, 0.1) is 4.92 Å². The molecule has 0 heterocycles. The molecule has 1 N–H and O–H groups in total. The van der Waals surface area contributed by atoms with E-state index in [4.69, 9.17) is 0 Å². The summed E-state index contributed by atoms with van der Waals surface area (Å²) in [5, 5.41) is 16.8. The predicted molar refractivity (Wildman–Crippen MR) is 101 cm³/mol. The van der Waals surface area contributed by atoms with Crippen molar-refractivity contribution in [2.45, 2.75) is 27.2 Å². The van der Waals surface area contributed by atoms with Crippen LogP contribution in [0.5, 0.6) is 0 Å². The molecule has 0 saturated heterocycles. The molecular formula is C18H26N4O3. The summed E-state index contributed by atoms with van der Waals surface area (Å²) in [4.78, 5) is 22.7. The van der Waals surface area contributed by atoms with Crippen LogP contribution in [0.4, 0.5) is 11.4 Å². The van der Waals surface area contributed by atoms with E-state index in [0.29, 0.717) is 11.6 Å². The quantitative estimate of drug-likeness (QED) is 0.291. The Morgan fingerprint density at radius 3 is 2.52 bits per heavy atom. The van der Waals surface area contributed by atoms with Crippen LogP contribution in [-0.4, -0.2) is 30.0 Å². The first-order chi connectivity index (χ1) is 11.8. The maximum Gasteiger partial charge on any atom is 0.243 e. The zero-order chi connectivity index (χ0) is 18.8. The second kappa shape index (κ2) is 10.2. The fraction of sp³-hybridized carbons (Fsp3) is 0.444. The number of nitroso groups, excluding NO2 is 1. The highest BCUT2D eigenvalue weighted by Crippen LogP contribution is 2.16. The summed E-state index contributed by atoms with van der Waals surface area (Å²) >= 11 is 0. The molecule has 1 unspecified atom stereocenters. The van der Waals surface area contributed by atoms with Gasteiger partial charge in [0.2, 0.25) is 5.70 Å². The second-order valence-corrected chi connectivity index (χ2v) is 6.21. The second-order valence-electron chi connectivity index (χ2n) is 6.21. The molecule has 1 rings (SSSR count). The van der Waals surface area contributed by atoms with Crippen molar-refractivity contribution in [3.8, 4) is 0 Å². The van der Waals surface area contributed by atoms with Gasteiger partial charge in [0.1, 0.15) is 5.69 Å². The maximum atomic E-state index is 10.6. The van der Waals surface area contributed by atoms with Crippen LogP contribution in [0.2, 0.25) is 0 Å². The molecule has 7 nitrogen and oxygen atoms in total. The Morgan fingerprint density at radius 2 is 1.96 bits per heavy atom. The number of nitro groups is 1. The molecule has 0 bridgehead atoms. The molecule has 7 heteroatoms. The van der Waals surface area contributed by atoms with Gasteiger partial charge in [-0.05, 0) is 54.8 Å². The van der Waals surface area contributed by atoms with E-state index in [2.05, 4.69) is 22.3 Å². The van der Waals surface area contributed by atoms with Gasteiger partial charge in [-0.2, -0.15) is 0 Å². The summed E-state index contributed by atoms with van der Waals surface area (Å²) in [7, 11) is 1.98. The molecule has 0 saturated carbocycles. The molecule has 0 aliphatic carbocycles. The van der Waals surface area contributed by atoms with Gasteiger partial charge in [-0.3, -0.25) is 10.1 Å². The van der Waals surface area contributed by atoms with E-state index in [-0.39, 0.29) is 5.70 Å². The number of nitrogens with zero attached hydrogens (tertiary/aromatic N) is 3. The fourth-order valence-corrected chi connectivity index (χ4v) is 2.05. The topological polar surface area (TPSA) is 87.8 Å². The molecular weight excluding hydrogens is 320 g/mol. The third-order valence-corrected chi connectivity index (χ3v) is 4.04. The minimum Gasteiger partial charge on any atom is -0.385 e. The lowest BCUT2D eigenvalue weighted by molar-refractivity contribution is -0.424. The summed E-state index contributed by atoms with van der Waals surface area (Å²) in [6, 6.07) is 7.05. The average molecular weight is 346 g/mol. The van der Waals surface area contributed by atoms with Crippen molar-refractivity contribution < 1.29 is 4.92 Å². The van der Waals surface area contributed by atoms with Crippen molar-refractivity contribution in [2.24, 2.45) is 11.1 Å². The molecule has 0 radical (unpaired) electrons. The molecule has 1 aromatic carbocycles. The smallest absolute Gasteiger partial charge is 0.243 e. The number of anilines is 1. The van der Waals surface area contributed by atoms with E-state index in [0.717, 1.165) is 30.9 Å². The molecule has 0 spiro atoms. The van der Waals surface area contributed by atoms with Crippen molar-refractivity contribution in [3.05, 3.63) is 62.8 Å². The average Bonchev–Trinajstić information content (AvgIpc) is 2.62. The number of benzene rings is 1. The molecule has 0 amide bonds. The summed E-state index contributed by atoms with van der Waals surface area (Å²) in [5.41, 5.74) is 2.49. The summed E-state index contributed by atoms with van der Waals surface area (Å²) < 4.78 is 0. The van der Waals surface area contributed by atoms with E-state index in [1.807, 2.05) is 26.1 Å². The molecule has 136 valence electrons. The van der Waals surface area contributed by atoms with Crippen LogP contribution in [0.25, 0.3) is 0 Å². The van der Waals surface area contributed by atoms with Gasteiger partial charge in [-0.25, -0.2) is 0 Å². The highest BCUT2D eigenvalue weighted by molar-refractivity contribution is 5.50. The molecule has 0 aliphatic rings. The molecule has 1 aromatic rings. The lowest BCUT2D eigenvalue weighted by atomic mass is 10.1. The molecule has 0 fully saturated rings. The number of allylic oxidation sites excluding steroid dienone is 4. The van der Waals surface area contributed by atoms with Gasteiger partial charge >= 0.3 is 0 Å². The van der Waals surface area contributed by atoms with Crippen LogP contribution in [-0.2, 0) is 0 Å². The Kier molecular flexibility index (Phi) is 8.32. The first kappa shape index (κ1) is 20.3. The SMILES string of the molecule is C/C(=C\C=C(/C)[N+](=O)[O-])N(C)CCC(C)CNc1ccc(N=O)cc1. The Labute approximate surface area is 148 Å². The molecule has 0 aliphatic heterocycles. The van der Waals surface area contributed by atoms with Crippen LogP contribution in [0.15, 0.2) is 53.0 Å². The van der Waals surface area contributed by atoms with Gasteiger partial charge in [0.25, 0.3) is 0 Å². The summed E-state index contributed by atoms with van der Waals surface area (Å²) in [6.07, 6.45) is 4.28. The van der Waals surface area contributed by atoms with Crippen molar-refractivity contribution >= 4 is 11.4 Å². The van der Waals surface area contributed by atoms with Crippen LogP contribution in [0, 0.1) is 20.9 Å². The van der Waals surface area contributed by atoms with Crippen molar-refractivity contribution in [3.63, 3.8) is 0 Å². The summed E-state index contributed by atoms with van der Waals surface area (Å²) in [6.45, 7) is 7.28. The largest absolute Gasteiger partial charge is 0.385 e. The third kappa shape index (κ3) is 7.60. The van der Waals surface area contributed by atoms with Crippen molar-refractivity contribution in [1.82, 2.24) is 4.90 Å². The van der Waals surface area contributed by atoms with Crippen LogP contribution in [0.3, 0.4) is 0 Å². The lowest BCUT2D eigenvalue weighted by Crippen LogP contribution is -2.21. The number of rotatable bonds is 10. The van der Waals surface area contributed by atoms with Gasteiger partial charge in [0.15, 0.2) is 0 Å². The van der Waals surface area contributed by atoms with Crippen LogP contribution in [0.1, 0.15) is 27.2 Å². The van der Waals surface area contributed by atoms with E-state index >= 15 is 0 Å². The van der Waals surface area contributed by atoms with E-state index in [1.165, 1.54) is 13.0 Å². The van der Waals surface area contributed by atoms with E-state index in [1.54, 1.807) is 18.2 Å². The van der Waals surface area contributed by atoms with Crippen molar-refractivity contribution in [1.29, 1.82) is 0 Å². The highest BCUT2D eigenvalue weighted by Gasteiger charge is 2.06. The molecule has 0 aromatic heterocycles. The van der Waals surface area contributed by atoms with E-state index < -0.39 is 4.92 Å². The normalized spacial score (nSPS) is 13.3. The zero-order valence-electron chi connectivity index (χ0n) is 15.2. The number of hydrogen-bond acceptors (Lipinski definition) is 6. The van der Waals surface area contributed by atoms with E-state index in [9.17, 15) is 15.0 Å². The Hall–Kier alpha value is -2.70. The number of hydrogen-bond donors (Lipinski definition) is 1. The minimum atomic E-state index is -0.394. The fourth-order valence-electron chi connectivity index (χ4n) is 2.05. The summed E-state index contributed by atoms with van der Waals surface area (Å²) in [5.74, 6) is 0.454. The van der Waals surface area contributed by atoms with Gasteiger partial charge in [0, 0.05) is 44.5 Å². The first-order valence-electron chi connectivity index (χ1n) is 8.21. The Balaban J connectivity index is 2.40. The third-order valence-electron chi connectivity index (χ3n) is 4.04. The molecule has 25 heavy (non-hydrogen) atoms. The monoisotopic (exact) mass is 346 g/mol.